The fraction of sp³-hybridized carbons (Fsp3) is 0.467. The van der Waals surface area contributed by atoms with Crippen molar-refractivity contribution < 1.29 is 0 Å². The highest BCUT2D eigenvalue weighted by Crippen LogP contribution is 2.23. The SMILES string of the molecule is Cc1ccccc1Cc1nc2n(n1)C(C)CCC2. The van der Waals surface area contributed by atoms with Gasteiger partial charge in [-0.2, -0.15) is 5.10 Å². The van der Waals surface area contributed by atoms with Gasteiger partial charge < -0.3 is 0 Å². The van der Waals surface area contributed by atoms with Crippen LogP contribution in [0.3, 0.4) is 0 Å². The molecule has 0 amide bonds. The second-order valence-corrected chi connectivity index (χ2v) is 5.23. The molecule has 1 aromatic carbocycles. The number of aromatic nitrogens is 3. The lowest BCUT2D eigenvalue weighted by Gasteiger charge is -2.18. The van der Waals surface area contributed by atoms with E-state index < -0.39 is 0 Å². The number of fused-ring (bicyclic) bond motifs is 1. The maximum absolute atomic E-state index is 4.69. The third kappa shape index (κ3) is 2.05. The predicted molar refractivity (Wildman–Crippen MR) is 71.7 cm³/mol. The van der Waals surface area contributed by atoms with Gasteiger partial charge in [-0.25, -0.2) is 9.67 Å². The third-order valence-corrected chi connectivity index (χ3v) is 3.80. The number of benzene rings is 1. The van der Waals surface area contributed by atoms with Crippen molar-refractivity contribution in [2.24, 2.45) is 0 Å². The van der Waals surface area contributed by atoms with Crippen LogP contribution in [-0.4, -0.2) is 14.8 Å². The van der Waals surface area contributed by atoms with E-state index in [-0.39, 0.29) is 0 Å². The summed E-state index contributed by atoms with van der Waals surface area (Å²) in [5, 5.41) is 4.67. The Morgan fingerprint density at radius 1 is 1.33 bits per heavy atom. The fourth-order valence-electron chi connectivity index (χ4n) is 2.66. The van der Waals surface area contributed by atoms with Crippen LogP contribution in [0.25, 0.3) is 0 Å². The Hall–Kier alpha value is -1.64. The molecule has 3 nitrogen and oxygen atoms in total. The molecule has 1 aromatic heterocycles. The van der Waals surface area contributed by atoms with Crippen LogP contribution in [0.1, 0.15) is 48.6 Å². The summed E-state index contributed by atoms with van der Waals surface area (Å²) >= 11 is 0. The van der Waals surface area contributed by atoms with Crippen molar-refractivity contribution in [2.45, 2.75) is 45.6 Å². The van der Waals surface area contributed by atoms with E-state index in [2.05, 4.69) is 52.9 Å². The zero-order chi connectivity index (χ0) is 12.5. The summed E-state index contributed by atoms with van der Waals surface area (Å²) in [5.41, 5.74) is 2.64. The quantitative estimate of drug-likeness (QED) is 0.809. The Morgan fingerprint density at radius 3 is 2.94 bits per heavy atom. The fourth-order valence-corrected chi connectivity index (χ4v) is 2.66. The number of hydrogen-bond donors (Lipinski definition) is 0. The van der Waals surface area contributed by atoms with Crippen LogP contribution in [0.15, 0.2) is 24.3 Å². The molecule has 3 rings (SSSR count). The van der Waals surface area contributed by atoms with E-state index in [9.17, 15) is 0 Å². The molecule has 0 saturated heterocycles. The van der Waals surface area contributed by atoms with Gasteiger partial charge in [0.05, 0.1) is 6.04 Å². The molecule has 2 heterocycles. The summed E-state index contributed by atoms with van der Waals surface area (Å²) < 4.78 is 2.12. The summed E-state index contributed by atoms with van der Waals surface area (Å²) in [4.78, 5) is 4.69. The topological polar surface area (TPSA) is 30.7 Å². The van der Waals surface area contributed by atoms with Gasteiger partial charge in [0, 0.05) is 12.8 Å². The van der Waals surface area contributed by atoms with Gasteiger partial charge in [0.2, 0.25) is 0 Å². The molecule has 94 valence electrons. The van der Waals surface area contributed by atoms with E-state index >= 15 is 0 Å². The van der Waals surface area contributed by atoms with Gasteiger partial charge in [0.15, 0.2) is 5.82 Å². The van der Waals surface area contributed by atoms with Gasteiger partial charge in [-0.1, -0.05) is 24.3 Å². The highest BCUT2D eigenvalue weighted by Gasteiger charge is 2.19. The molecule has 0 spiro atoms. The number of nitrogens with zero attached hydrogens (tertiary/aromatic N) is 3. The number of aryl methyl sites for hydroxylation is 2. The first kappa shape index (κ1) is 11.5. The normalized spacial score (nSPS) is 18.7. The van der Waals surface area contributed by atoms with E-state index in [1.54, 1.807) is 0 Å². The van der Waals surface area contributed by atoms with Crippen molar-refractivity contribution in [3.8, 4) is 0 Å². The van der Waals surface area contributed by atoms with Crippen LogP contribution in [0, 0.1) is 6.92 Å². The molecule has 0 saturated carbocycles. The van der Waals surface area contributed by atoms with Crippen molar-refractivity contribution in [1.82, 2.24) is 14.8 Å². The molecule has 1 aliphatic rings. The predicted octanol–water partition coefficient (Wildman–Crippen LogP) is 3.07. The maximum atomic E-state index is 4.69. The number of hydrogen-bond acceptors (Lipinski definition) is 2. The molecule has 0 bridgehead atoms. The van der Waals surface area contributed by atoms with Crippen molar-refractivity contribution in [3.63, 3.8) is 0 Å². The molecule has 1 aliphatic heterocycles. The van der Waals surface area contributed by atoms with E-state index in [1.165, 1.54) is 24.0 Å². The lowest BCUT2D eigenvalue weighted by Crippen LogP contribution is -2.16. The summed E-state index contributed by atoms with van der Waals surface area (Å²) in [6.45, 7) is 4.38. The lowest BCUT2D eigenvalue weighted by molar-refractivity contribution is 0.387. The largest absolute Gasteiger partial charge is 0.247 e. The lowest BCUT2D eigenvalue weighted by atomic mass is 10.1. The Balaban J connectivity index is 1.88. The van der Waals surface area contributed by atoms with Crippen molar-refractivity contribution in [1.29, 1.82) is 0 Å². The van der Waals surface area contributed by atoms with Crippen LogP contribution in [0.2, 0.25) is 0 Å². The molecule has 2 aromatic rings. The zero-order valence-corrected chi connectivity index (χ0v) is 11.1. The summed E-state index contributed by atoms with van der Waals surface area (Å²) in [6.07, 6.45) is 4.38. The molecule has 0 N–H and O–H groups in total. The van der Waals surface area contributed by atoms with Gasteiger partial charge in [-0.15, -0.1) is 0 Å². The van der Waals surface area contributed by atoms with E-state index in [1.807, 2.05) is 0 Å². The number of rotatable bonds is 2. The molecule has 0 fully saturated rings. The van der Waals surface area contributed by atoms with Crippen LogP contribution >= 0.6 is 0 Å². The zero-order valence-electron chi connectivity index (χ0n) is 11.1. The van der Waals surface area contributed by atoms with E-state index in [0.717, 1.165) is 24.5 Å². The second-order valence-electron chi connectivity index (χ2n) is 5.23. The molecule has 1 atom stereocenters. The Bertz CT molecular complexity index is 557. The standard InChI is InChI=1S/C15H19N3/c1-11-6-3-4-8-13(11)10-14-16-15-9-5-7-12(2)18(15)17-14/h3-4,6,8,12H,5,7,9-10H2,1-2H3. The minimum Gasteiger partial charge on any atom is -0.247 e. The highest BCUT2D eigenvalue weighted by molar-refractivity contribution is 5.28. The average Bonchev–Trinajstić information content (AvgIpc) is 2.76. The Labute approximate surface area is 108 Å². The minimum atomic E-state index is 0.506. The molecule has 3 heteroatoms. The average molecular weight is 241 g/mol. The molecule has 0 aliphatic carbocycles. The summed E-state index contributed by atoms with van der Waals surface area (Å²) in [6, 6.07) is 8.98. The first-order valence-corrected chi connectivity index (χ1v) is 6.73. The van der Waals surface area contributed by atoms with E-state index in [4.69, 9.17) is 0 Å². The van der Waals surface area contributed by atoms with E-state index in [0.29, 0.717) is 6.04 Å². The van der Waals surface area contributed by atoms with Gasteiger partial charge in [-0.05, 0) is 37.8 Å². The molecule has 18 heavy (non-hydrogen) atoms. The Kier molecular flexibility index (Phi) is 2.90. The molecule has 0 radical (unpaired) electrons. The highest BCUT2D eigenvalue weighted by atomic mass is 15.4. The van der Waals surface area contributed by atoms with Gasteiger partial charge in [-0.3, -0.25) is 0 Å². The van der Waals surface area contributed by atoms with Crippen LogP contribution < -0.4 is 0 Å². The van der Waals surface area contributed by atoms with Crippen molar-refractivity contribution in [3.05, 3.63) is 47.0 Å². The first-order chi connectivity index (χ1) is 8.74. The summed E-state index contributed by atoms with van der Waals surface area (Å²) in [7, 11) is 0. The van der Waals surface area contributed by atoms with Gasteiger partial charge in [0.25, 0.3) is 0 Å². The third-order valence-electron chi connectivity index (χ3n) is 3.80. The smallest absolute Gasteiger partial charge is 0.155 e. The van der Waals surface area contributed by atoms with Crippen LogP contribution in [-0.2, 0) is 12.8 Å². The van der Waals surface area contributed by atoms with Crippen molar-refractivity contribution >= 4 is 0 Å². The summed E-state index contributed by atoms with van der Waals surface area (Å²) in [5.74, 6) is 2.13. The maximum Gasteiger partial charge on any atom is 0.155 e. The molecule has 1 unspecified atom stereocenters. The first-order valence-electron chi connectivity index (χ1n) is 6.73. The van der Waals surface area contributed by atoms with Crippen LogP contribution in [0.4, 0.5) is 0 Å². The van der Waals surface area contributed by atoms with Crippen LogP contribution in [0.5, 0.6) is 0 Å². The Morgan fingerprint density at radius 2 is 2.17 bits per heavy atom. The van der Waals surface area contributed by atoms with Crippen molar-refractivity contribution in [2.75, 3.05) is 0 Å². The minimum absolute atomic E-state index is 0.506. The van der Waals surface area contributed by atoms with Gasteiger partial charge >= 0.3 is 0 Å². The molecular weight excluding hydrogens is 222 g/mol. The van der Waals surface area contributed by atoms with Gasteiger partial charge in [0.1, 0.15) is 5.82 Å². The molecular formula is C15H19N3. The second kappa shape index (κ2) is 4.56. The monoisotopic (exact) mass is 241 g/mol.